The van der Waals surface area contributed by atoms with Gasteiger partial charge in [-0.3, -0.25) is 4.79 Å². The van der Waals surface area contributed by atoms with Gasteiger partial charge in [0.25, 0.3) is 0 Å². The van der Waals surface area contributed by atoms with E-state index in [0.717, 1.165) is 20.6 Å². The van der Waals surface area contributed by atoms with Crippen LogP contribution in [0.25, 0.3) is 0 Å². The first-order valence-corrected chi connectivity index (χ1v) is 6.94. The van der Waals surface area contributed by atoms with E-state index in [9.17, 15) is 4.79 Å². The van der Waals surface area contributed by atoms with Gasteiger partial charge >= 0.3 is 0 Å². The van der Waals surface area contributed by atoms with Gasteiger partial charge in [0, 0.05) is 14.8 Å². The molecule has 1 amide bonds. The molecule has 0 atom stereocenters. The van der Waals surface area contributed by atoms with Crippen molar-refractivity contribution in [3.63, 3.8) is 0 Å². The second-order valence-corrected chi connectivity index (χ2v) is 5.29. The first-order chi connectivity index (χ1) is 9.19. The molecule has 2 aromatic rings. The smallest absolute Gasteiger partial charge is 0.228 e. The fourth-order valence-electron chi connectivity index (χ4n) is 1.79. The van der Waals surface area contributed by atoms with E-state index in [2.05, 4.69) is 27.9 Å². The van der Waals surface area contributed by atoms with Crippen molar-refractivity contribution in [1.82, 2.24) is 0 Å². The summed E-state index contributed by atoms with van der Waals surface area (Å²) in [5.74, 6) is 0.687. The normalized spacial score (nSPS) is 10.0. The number of halogens is 1. The second-order valence-electron chi connectivity index (χ2n) is 4.05. The van der Waals surface area contributed by atoms with Crippen LogP contribution in [0.3, 0.4) is 0 Å². The zero-order valence-electron chi connectivity index (χ0n) is 10.5. The Labute approximate surface area is 126 Å². The summed E-state index contributed by atoms with van der Waals surface area (Å²) in [4.78, 5) is 12.0. The predicted octanol–water partition coefficient (Wildman–Crippen LogP) is 3.48. The van der Waals surface area contributed by atoms with Crippen molar-refractivity contribution in [3.8, 4) is 5.75 Å². The minimum Gasteiger partial charge on any atom is -0.496 e. The lowest BCUT2D eigenvalue weighted by molar-refractivity contribution is -0.115. The summed E-state index contributed by atoms with van der Waals surface area (Å²) in [6.07, 6.45) is 0.301. The molecule has 98 valence electrons. The number of hydrogen-bond donors (Lipinski definition) is 1. The van der Waals surface area contributed by atoms with Gasteiger partial charge in [-0.25, -0.2) is 0 Å². The van der Waals surface area contributed by atoms with Gasteiger partial charge in [-0.05, 0) is 46.9 Å². The zero-order chi connectivity index (χ0) is 13.7. The number of hydrogen-bond acceptors (Lipinski definition) is 2. The Bertz CT molecular complexity index is 584. The molecule has 0 unspecified atom stereocenters. The lowest BCUT2D eigenvalue weighted by Gasteiger charge is -2.09. The third-order valence-corrected chi connectivity index (χ3v) is 3.32. The zero-order valence-corrected chi connectivity index (χ0v) is 12.7. The van der Waals surface area contributed by atoms with E-state index in [-0.39, 0.29) is 5.91 Å². The maximum Gasteiger partial charge on any atom is 0.228 e. The highest BCUT2D eigenvalue weighted by atomic mass is 127. The largest absolute Gasteiger partial charge is 0.496 e. The van der Waals surface area contributed by atoms with Crippen LogP contribution in [0.1, 0.15) is 5.56 Å². The highest BCUT2D eigenvalue weighted by Crippen LogP contribution is 2.19. The Kier molecular flexibility index (Phi) is 4.79. The standard InChI is InChI=1S/C15H14INO2/c1-19-14-8-3-2-5-11(14)9-15(18)17-13-7-4-6-12(16)10-13/h2-8,10H,9H2,1H3,(H,17,18). The number of amides is 1. The Hall–Kier alpha value is -1.56. The van der Waals surface area contributed by atoms with Crippen molar-refractivity contribution in [2.45, 2.75) is 6.42 Å². The number of rotatable bonds is 4. The van der Waals surface area contributed by atoms with Gasteiger partial charge in [0.05, 0.1) is 13.5 Å². The van der Waals surface area contributed by atoms with Crippen molar-refractivity contribution in [1.29, 1.82) is 0 Å². The monoisotopic (exact) mass is 367 g/mol. The molecule has 0 bridgehead atoms. The van der Waals surface area contributed by atoms with Crippen LogP contribution in [0.15, 0.2) is 48.5 Å². The van der Waals surface area contributed by atoms with E-state index in [1.54, 1.807) is 7.11 Å². The highest BCUT2D eigenvalue weighted by Gasteiger charge is 2.08. The molecule has 2 aromatic carbocycles. The summed E-state index contributed by atoms with van der Waals surface area (Å²) in [5, 5.41) is 2.88. The minimum atomic E-state index is -0.0495. The SMILES string of the molecule is COc1ccccc1CC(=O)Nc1cccc(I)c1. The molecule has 0 aromatic heterocycles. The van der Waals surface area contributed by atoms with Crippen LogP contribution in [0.5, 0.6) is 5.75 Å². The van der Waals surface area contributed by atoms with E-state index < -0.39 is 0 Å². The molecule has 0 fully saturated rings. The number of para-hydroxylation sites is 1. The summed E-state index contributed by atoms with van der Waals surface area (Å²) in [5.41, 5.74) is 1.69. The van der Waals surface area contributed by atoms with E-state index in [0.29, 0.717) is 6.42 Å². The minimum absolute atomic E-state index is 0.0495. The van der Waals surface area contributed by atoms with E-state index in [4.69, 9.17) is 4.74 Å². The van der Waals surface area contributed by atoms with Gasteiger partial charge < -0.3 is 10.1 Å². The Morgan fingerprint density at radius 2 is 2.00 bits per heavy atom. The van der Waals surface area contributed by atoms with E-state index in [1.807, 2.05) is 48.5 Å². The van der Waals surface area contributed by atoms with E-state index >= 15 is 0 Å². The van der Waals surface area contributed by atoms with Crippen molar-refractivity contribution in [2.75, 3.05) is 12.4 Å². The first kappa shape index (κ1) is 13.9. The Morgan fingerprint density at radius 1 is 1.21 bits per heavy atom. The van der Waals surface area contributed by atoms with Crippen molar-refractivity contribution in [2.24, 2.45) is 0 Å². The molecule has 19 heavy (non-hydrogen) atoms. The molecule has 0 saturated carbocycles. The summed E-state index contributed by atoms with van der Waals surface area (Å²) in [6, 6.07) is 15.2. The molecule has 3 nitrogen and oxygen atoms in total. The fraction of sp³-hybridized carbons (Fsp3) is 0.133. The number of benzene rings is 2. The summed E-state index contributed by atoms with van der Waals surface area (Å²) in [6.45, 7) is 0. The molecule has 2 rings (SSSR count). The first-order valence-electron chi connectivity index (χ1n) is 5.86. The maximum absolute atomic E-state index is 12.0. The van der Waals surface area contributed by atoms with Gasteiger partial charge in [-0.2, -0.15) is 0 Å². The molecule has 0 aliphatic heterocycles. The van der Waals surface area contributed by atoms with Crippen LogP contribution < -0.4 is 10.1 Å². The summed E-state index contributed by atoms with van der Waals surface area (Å²) in [7, 11) is 1.61. The molecular formula is C15H14INO2. The number of methoxy groups -OCH3 is 1. The number of nitrogens with one attached hydrogen (secondary N) is 1. The molecular weight excluding hydrogens is 353 g/mol. The van der Waals surface area contributed by atoms with Gasteiger partial charge in [-0.1, -0.05) is 24.3 Å². The molecule has 4 heteroatoms. The lowest BCUT2D eigenvalue weighted by atomic mass is 10.1. The van der Waals surface area contributed by atoms with Gasteiger partial charge in [0.1, 0.15) is 5.75 Å². The van der Waals surface area contributed by atoms with Crippen molar-refractivity contribution in [3.05, 3.63) is 57.7 Å². The second kappa shape index (κ2) is 6.56. The predicted molar refractivity (Wildman–Crippen MR) is 84.5 cm³/mol. The van der Waals surface area contributed by atoms with Crippen LogP contribution in [-0.2, 0) is 11.2 Å². The van der Waals surface area contributed by atoms with Crippen LogP contribution in [0, 0.1) is 3.57 Å². The maximum atomic E-state index is 12.0. The molecule has 0 aliphatic carbocycles. The summed E-state index contributed by atoms with van der Waals surface area (Å²) >= 11 is 2.22. The molecule has 0 spiro atoms. The van der Waals surface area contributed by atoms with Crippen LogP contribution in [-0.4, -0.2) is 13.0 Å². The molecule has 0 radical (unpaired) electrons. The van der Waals surface area contributed by atoms with Crippen LogP contribution in [0.4, 0.5) is 5.69 Å². The van der Waals surface area contributed by atoms with Gasteiger partial charge in [0.15, 0.2) is 0 Å². The molecule has 0 saturated heterocycles. The number of carbonyl (C=O) groups excluding carboxylic acids is 1. The Morgan fingerprint density at radius 3 is 2.74 bits per heavy atom. The van der Waals surface area contributed by atoms with Crippen molar-refractivity contribution < 1.29 is 9.53 Å². The summed E-state index contributed by atoms with van der Waals surface area (Å²) < 4.78 is 6.32. The van der Waals surface area contributed by atoms with Gasteiger partial charge in [-0.15, -0.1) is 0 Å². The quantitative estimate of drug-likeness (QED) is 0.841. The highest BCUT2D eigenvalue weighted by molar-refractivity contribution is 14.1. The third kappa shape index (κ3) is 3.96. The molecule has 1 N–H and O–H groups in total. The van der Waals surface area contributed by atoms with Crippen LogP contribution >= 0.6 is 22.6 Å². The van der Waals surface area contributed by atoms with Crippen molar-refractivity contribution >= 4 is 34.2 Å². The van der Waals surface area contributed by atoms with Crippen LogP contribution in [0.2, 0.25) is 0 Å². The fourth-order valence-corrected chi connectivity index (χ4v) is 2.34. The third-order valence-electron chi connectivity index (χ3n) is 2.65. The van der Waals surface area contributed by atoms with E-state index in [1.165, 1.54) is 0 Å². The Balaban J connectivity index is 2.05. The average Bonchev–Trinajstić information content (AvgIpc) is 2.39. The number of anilines is 1. The lowest BCUT2D eigenvalue weighted by Crippen LogP contribution is -2.14. The number of carbonyl (C=O) groups is 1. The van der Waals surface area contributed by atoms with Gasteiger partial charge in [0.2, 0.25) is 5.91 Å². The number of ether oxygens (including phenoxy) is 1. The molecule has 0 aliphatic rings. The molecule has 0 heterocycles. The average molecular weight is 367 g/mol. The topological polar surface area (TPSA) is 38.3 Å².